The van der Waals surface area contributed by atoms with Crippen molar-refractivity contribution in [1.29, 1.82) is 0 Å². The summed E-state index contributed by atoms with van der Waals surface area (Å²) < 4.78 is 47.9. The van der Waals surface area contributed by atoms with Crippen LogP contribution in [0.25, 0.3) is 21.2 Å². The molecule has 3 aromatic carbocycles. The highest BCUT2D eigenvalue weighted by Crippen LogP contribution is 2.40. The van der Waals surface area contributed by atoms with Crippen molar-refractivity contribution in [3.63, 3.8) is 0 Å². The van der Waals surface area contributed by atoms with E-state index >= 15 is 0 Å². The molecule has 2 heterocycles. The van der Waals surface area contributed by atoms with Crippen LogP contribution in [0.1, 0.15) is 26.4 Å². The van der Waals surface area contributed by atoms with E-state index in [1.54, 1.807) is 42.8 Å². The number of ether oxygens (including phenoxy) is 6. The smallest absolute Gasteiger partial charge is 0.251 e. The second kappa shape index (κ2) is 16.0. The first-order valence-electron chi connectivity index (χ1n) is 14.5. The zero-order valence-corrected chi connectivity index (χ0v) is 26.9. The van der Waals surface area contributed by atoms with Gasteiger partial charge < -0.3 is 33.7 Å². The lowest BCUT2D eigenvalue weighted by atomic mass is 10.0. The molecule has 47 heavy (non-hydrogen) atoms. The highest BCUT2D eigenvalue weighted by molar-refractivity contribution is 7.17. The van der Waals surface area contributed by atoms with Gasteiger partial charge in [-0.2, -0.15) is 0 Å². The fourth-order valence-electron chi connectivity index (χ4n) is 4.75. The van der Waals surface area contributed by atoms with Gasteiger partial charge in [-0.3, -0.25) is 9.59 Å². The molecule has 0 aliphatic heterocycles. The number of thiophene rings is 1. The third-order valence-corrected chi connectivity index (χ3v) is 8.08. The molecular weight excluding hydrogens is 627 g/mol. The number of nitrogens with zero attached hydrogens (tertiary/aromatic N) is 1. The van der Waals surface area contributed by atoms with Gasteiger partial charge in [0.05, 0.1) is 38.7 Å². The van der Waals surface area contributed by atoms with Crippen LogP contribution >= 0.6 is 11.3 Å². The second-order valence-corrected chi connectivity index (χ2v) is 11.0. The largest absolute Gasteiger partial charge is 0.497 e. The number of amides is 1. The minimum atomic E-state index is -0.499. The van der Waals surface area contributed by atoms with Crippen molar-refractivity contribution in [2.75, 3.05) is 47.9 Å². The number of benzene rings is 3. The van der Waals surface area contributed by atoms with E-state index in [1.807, 2.05) is 24.3 Å². The summed E-state index contributed by atoms with van der Waals surface area (Å²) in [5, 5.41) is 5.12. The molecule has 2 aromatic heterocycles. The number of carbonyl (C=O) groups excluding carboxylic acids is 2. The van der Waals surface area contributed by atoms with Gasteiger partial charge in [0.25, 0.3) is 5.91 Å². The Labute approximate surface area is 275 Å². The van der Waals surface area contributed by atoms with Gasteiger partial charge in [0.2, 0.25) is 5.78 Å². The van der Waals surface area contributed by atoms with Gasteiger partial charge in [0.15, 0.2) is 29.7 Å². The molecule has 12 heteroatoms. The van der Waals surface area contributed by atoms with Crippen LogP contribution in [0.5, 0.6) is 23.0 Å². The van der Waals surface area contributed by atoms with E-state index < -0.39 is 11.7 Å². The first-order valence-corrected chi connectivity index (χ1v) is 15.4. The summed E-state index contributed by atoms with van der Waals surface area (Å²) in [4.78, 5) is 30.6. The van der Waals surface area contributed by atoms with Crippen molar-refractivity contribution in [1.82, 2.24) is 10.3 Å². The molecule has 1 amide bonds. The Morgan fingerprint density at radius 3 is 2.49 bits per heavy atom. The molecule has 0 saturated heterocycles. The zero-order valence-electron chi connectivity index (χ0n) is 26.0. The van der Waals surface area contributed by atoms with Crippen LogP contribution in [0.2, 0.25) is 0 Å². The van der Waals surface area contributed by atoms with Crippen molar-refractivity contribution in [3.8, 4) is 34.1 Å². The highest BCUT2D eigenvalue weighted by Gasteiger charge is 2.22. The monoisotopic (exact) mass is 660 g/mol. The molecular formula is C35H33FN2O8S. The summed E-state index contributed by atoms with van der Waals surface area (Å²) in [6.45, 7) is 0.522. The van der Waals surface area contributed by atoms with Crippen LogP contribution in [0.4, 0.5) is 4.39 Å². The molecule has 0 fully saturated rings. The van der Waals surface area contributed by atoms with Crippen LogP contribution in [0.3, 0.4) is 0 Å². The van der Waals surface area contributed by atoms with E-state index in [0.717, 1.165) is 11.3 Å². The summed E-state index contributed by atoms with van der Waals surface area (Å²) in [5.74, 6) is 0.420. The number of nitrogens with one attached hydrogen (secondary N) is 1. The Morgan fingerprint density at radius 2 is 1.72 bits per heavy atom. The van der Waals surface area contributed by atoms with E-state index in [9.17, 15) is 14.0 Å². The van der Waals surface area contributed by atoms with Gasteiger partial charge >= 0.3 is 0 Å². The maximum absolute atomic E-state index is 14.4. The molecule has 0 atom stereocenters. The van der Waals surface area contributed by atoms with Gasteiger partial charge in [-0.25, -0.2) is 9.37 Å². The Kier molecular flexibility index (Phi) is 11.3. The summed E-state index contributed by atoms with van der Waals surface area (Å²) in [6, 6.07) is 18.8. The van der Waals surface area contributed by atoms with Gasteiger partial charge in [0.1, 0.15) is 18.2 Å². The summed E-state index contributed by atoms with van der Waals surface area (Å²) in [5.41, 5.74) is 2.52. The molecule has 0 saturated carbocycles. The van der Waals surface area contributed by atoms with Crippen molar-refractivity contribution in [3.05, 3.63) is 101 Å². The van der Waals surface area contributed by atoms with E-state index in [2.05, 4.69) is 10.3 Å². The van der Waals surface area contributed by atoms with E-state index in [0.29, 0.717) is 45.9 Å². The molecule has 0 aliphatic carbocycles. The van der Waals surface area contributed by atoms with Crippen LogP contribution in [-0.2, 0) is 16.1 Å². The lowest BCUT2D eigenvalue weighted by Crippen LogP contribution is -2.30. The number of Topliss-reactive ketones (excluding diaryl/α,β-unsaturated/α-hetero) is 1. The Bertz CT molecular complexity index is 1840. The van der Waals surface area contributed by atoms with E-state index in [4.69, 9.17) is 28.4 Å². The molecule has 5 aromatic rings. The third kappa shape index (κ3) is 8.04. The highest BCUT2D eigenvalue weighted by atomic mass is 32.1. The number of hydrogen-bond acceptors (Lipinski definition) is 10. The van der Waals surface area contributed by atoms with Crippen molar-refractivity contribution >= 4 is 33.1 Å². The zero-order chi connectivity index (χ0) is 33.2. The number of aromatic nitrogens is 1. The molecule has 10 nitrogen and oxygen atoms in total. The van der Waals surface area contributed by atoms with Crippen molar-refractivity contribution < 1.29 is 42.4 Å². The molecule has 1 N–H and O–H groups in total. The quantitative estimate of drug-likeness (QED) is 0.0739. The maximum Gasteiger partial charge on any atom is 0.251 e. The standard InChI is InChI=1S/C35H33FN2O8S/c1-41-21-46-33-25(27-20-47-34-26(27)5-4-6-28(34)36)13-14-37-32(33)29(39)18-38-35(40)23-9-12-30(31(17-23)43-3)45-16-15-44-19-22-7-10-24(42-2)11-8-22/h4-14,17,20H,15-16,18-19,21H2,1-3H3,(H,38,40). The van der Waals surface area contributed by atoms with Gasteiger partial charge in [-0.15, -0.1) is 11.3 Å². The fraction of sp³-hybridized carbons (Fsp3) is 0.229. The Morgan fingerprint density at radius 1 is 0.894 bits per heavy atom. The minimum Gasteiger partial charge on any atom is -0.497 e. The fourth-order valence-corrected chi connectivity index (χ4v) is 5.73. The number of methoxy groups -OCH3 is 3. The topological polar surface area (TPSA) is 114 Å². The molecule has 0 radical (unpaired) electrons. The molecule has 5 rings (SSSR count). The third-order valence-electron chi connectivity index (χ3n) is 7.08. The lowest BCUT2D eigenvalue weighted by molar-refractivity contribution is 0.0502. The van der Waals surface area contributed by atoms with Gasteiger partial charge in [-0.1, -0.05) is 24.3 Å². The average Bonchev–Trinajstić information content (AvgIpc) is 3.55. The molecule has 0 unspecified atom stereocenters. The molecule has 244 valence electrons. The normalized spacial score (nSPS) is 10.9. The van der Waals surface area contributed by atoms with Gasteiger partial charge in [0, 0.05) is 40.8 Å². The average molecular weight is 661 g/mol. The predicted molar refractivity (Wildman–Crippen MR) is 175 cm³/mol. The van der Waals surface area contributed by atoms with Crippen molar-refractivity contribution in [2.24, 2.45) is 0 Å². The first kappa shape index (κ1) is 33.3. The number of hydrogen-bond donors (Lipinski definition) is 1. The first-order chi connectivity index (χ1) is 22.9. The summed E-state index contributed by atoms with van der Waals surface area (Å²) >= 11 is 1.25. The van der Waals surface area contributed by atoms with Crippen LogP contribution in [0, 0.1) is 5.82 Å². The number of fused-ring (bicyclic) bond motifs is 1. The molecule has 0 bridgehead atoms. The molecule has 0 aliphatic rings. The number of carbonyl (C=O) groups is 2. The lowest BCUT2D eigenvalue weighted by Gasteiger charge is -2.15. The number of pyridine rings is 1. The van der Waals surface area contributed by atoms with E-state index in [-0.39, 0.29) is 42.8 Å². The maximum atomic E-state index is 14.4. The molecule has 0 spiro atoms. The van der Waals surface area contributed by atoms with Crippen LogP contribution in [0.15, 0.2) is 78.3 Å². The van der Waals surface area contributed by atoms with Gasteiger partial charge in [-0.05, 0) is 48.0 Å². The number of rotatable bonds is 16. The number of halogens is 1. The Balaban J connectivity index is 1.21. The van der Waals surface area contributed by atoms with E-state index in [1.165, 1.54) is 43.9 Å². The van der Waals surface area contributed by atoms with Crippen molar-refractivity contribution in [2.45, 2.75) is 6.61 Å². The minimum absolute atomic E-state index is 0.00569. The number of ketones is 1. The summed E-state index contributed by atoms with van der Waals surface area (Å²) in [7, 11) is 4.54. The predicted octanol–water partition coefficient (Wildman–Crippen LogP) is 6.31. The second-order valence-electron chi connectivity index (χ2n) is 10.1. The van der Waals surface area contributed by atoms with Crippen LogP contribution < -0.4 is 24.3 Å². The Hall–Kier alpha value is -5.04. The SMILES string of the molecule is COCOc1c(-c2csc3c(F)cccc23)ccnc1C(=O)CNC(=O)c1ccc(OCCOCc2ccc(OC)cc2)c(OC)c1. The summed E-state index contributed by atoms with van der Waals surface area (Å²) in [6.07, 6.45) is 1.47. The van der Waals surface area contributed by atoms with Crippen LogP contribution in [-0.4, -0.2) is 64.6 Å².